The summed E-state index contributed by atoms with van der Waals surface area (Å²) in [5.41, 5.74) is 1.50. The molecule has 2 N–H and O–H groups in total. The van der Waals surface area contributed by atoms with Crippen LogP contribution in [-0.2, 0) is 4.79 Å². The summed E-state index contributed by atoms with van der Waals surface area (Å²) in [7, 11) is 0. The molecular weight excluding hydrogens is 339 g/mol. The molecule has 0 spiro atoms. The van der Waals surface area contributed by atoms with E-state index < -0.39 is 17.8 Å². The van der Waals surface area contributed by atoms with Gasteiger partial charge in [0.1, 0.15) is 11.6 Å². The summed E-state index contributed by atoms with van der Waals surface area (Å²) in [6.45, 7) is 5.65. The molecule has 1 unspecified atom stereocenters. The molecule has 2 heterocycles. The number of rotatable bonds is 4. The van der Waals surface area contributed by atoms with E-state index >= 15 is 0 Å². The van der Waals surface area contributed by atoms with Crippen molar-refractivity contribution in [1.29, 1.82) is 0 Å². The fourth-order valence-corrected chi connectivity index (χ4v) is 2.97. The van der Waals surface area contributed by atoms with E-state index in [-0.39, 0.29) is 11.8 Å². The average Bonchev–Trinajstić information content (AvgIpc) is 3.00. The lowest BCUT2D eigenvalue weighted by Crippen LogP contribution is -2.48. The first-order valence-corrected chi connectivity index (χ1v) is 8.19. The van der Waals surface area contributed by atoms with E-state index in [0.717, 1.165) is 0 Å². The van der Waals surface area contributed by atoms with Crippen LogP contribution in [0.2, 0.25) is 0 Å². The first-order valence-electron chi connectivity index (χ1n) is 8.19. The Kier molecular flexibility index (Phi) is 4.75. The van der Waals surface area contributed by atoms with Crippen molar-refractivity contribution in [2.45, 2.75) is 26.8 Å². The molecule has 7 nitrogen and oxygen atoms in total. The fraction of sp³-hybridized carbons (Fsp3) is 0.278. The number of nitrogens with zero attached hydrogens (tertiary/aromatic N) is 2. The third-order valence-corrected chi connectivity index (χ3v) is 4.23. The standard InChI is InChI=1S/C18H19FN4O3/c1-4-23-11(3)15(17(24)20-14-9-10(2)26-22-14)16(21-18(23)25)12-5-7-13(19)8-6-12/h5-9,16H,4H2,1-3H3,(H,21,25)(H,20,22,24). The number of hydrogen-bond donors (Lipinski definition) is 2. The molecule has 0 saturated carbocycles. The number of halogens is 1. The van der Waals surface area contributed by atoms with Crippen LogP contribution < -0.4 is 10.6 Å². The largest absolute Gasteiger partial charge is 0.360 e. The van der Waals surface area contributed by atoms with Crippen molar-refractivity contribution in [3.63, 3.8) is 0 Å². The number of amides is 3. The van der Waals surface area contributed by atoms with E-state index in [1.165, 1.54) is 17.0 Å². The number of carbonyl (C=O) groups excluding carboxylic acids is 2. The minimum atomic E-state index is -0.695. The zero-order chi connectivity index (χ0) is 18.8. The Morgan fingerprint density at radius 3 is 2.62 bits per heavy atom. The summed E-state index contributed by atoms with van der Waals surface area (Å²) in [6.07, 6.45) is 0. The maximum atomic E-state index is 13.3. The first-order chi connectivity index (χ1) is 12.4. The summed E-state index contributed by atoms with van der Waals surface area (Å²) >= 11 is 0. The summed E-state index contributed by atoms with van der Waals surface area (Å²) in [5.74, 6) is 0.0400. The molecule has 0 aliphatic carbocycles. The molecule has 1 aliphatic heterocycles. The minimum absolute atomic E-state index is 0.283. The van der Waals surface area contributed by atoms with Crippen molar-refractivity contribution in [3.05, 3.63) is 58.7 Å². The molecule has 136 valence electrons. The van der Waals surface area contributed by atoms with E-state index in [1.807, 2.05) is 6.92 Å². The molecule has 0 fully saturated rings. The number of aromatic nitrogens is 1. The zero-order valence-electron chi connectivity index (χ0n) is 14.7. The van der Waals surface area contributed by atoms with Crippen LogP contribution in [0.5, 0.6) is 0 Å². The van der Waals surface area contributed by atoms with Crippen LogP contribution in [0.3, 0.4) is 0 Å². The van der Waals surface area contributed by atoms with Crippen molar-refractivity contribution in [2.24, 2.45) is 0 Å². The van der Waals surface area contributed by atoms with E-state index in [2.05, 4.69) is 15.8 Å². The summed E-state index contributed by atoms with van der Waals surface area (Å²) < 4.78 is 18.2. The average molecular weight is 358 g/mol. The number of hydrogen-bond acceptors (Lipinski definition) is 4. The molecule has 3 rings (SSSR count). The second-order valence-corrected chi connectivity index (χ2v) is 5.95. The molecule has 3 amide bonds. The second-order valence-electron chi connectivity index (χ2n) is 5.95. The second kappa shape index (κ2) is 6.99. The van der Waals surface area contributed by atoms with Gasteiger partial charge in [-0.2, -0.15) is 0 Å². The van der Waals surface area contributed by atoms with Crippen molar-refractivity contribution in [1.82, 2.24) is 15.4 Å². The van der Waals surface area contributed by atoms with Crippen molar-refractivity contribution in [2.75, 3.05) is 11.9 Å². The number of allylic oxidation sites excluding steroid dienone is 1. The maximum absolute atomic E-state index is 13.3. The smallest absolute Gasteiger partial charge is 0.322 e. The number of urea groups is 1. The molecule has 8 heteroatoms. The Morgan fingerprint density at radius 2 is 2.04 bits per heavy atom. The number of benzene rings is 1. The van der Waals surface area contributed by atoms with Gasteiger partial charge in [-0.15, -0.1) is 0 Å². The van der Waals surface area contributed by atoms with Gasteiger partial charge < -0.3 is 15.2 Å². The Hall–Kier alpha value is -3.16. The molecule has 0 radical (unpaired) electrons. The first kappa shape index (κ1) is 17.7. The third kappa shape index (κ3) is 3.30. The van der Waals surface area contributed by atoms with Crippen LogP contribution in [0.25, 0.3) is 0 Å². The van der Waals surface area contributed by atoms with Crippen LogP contribution in [-0.4, -0.2) is 28.5 Å². The zero-order valence-corrected chi connectivity index (χ0v) is 14.7. The molecule has 2 aromatic rings. The lowest BCUT2D eigenvalue weighted by atomic mass is 9.94. The highest BCUT2D eigenvalue weighted by Gasteiger charge is 2.35. The molecule has 26 heavy (non-hydrogen) atoms. The van der Waals surface area contributed by atoms with E-state index in [0.29, 0.717) is 29.1 Å². The van der Waals surface area contributed by atoms with Gasteiger partial charge in [0.25, 0.3) is 5.91 Å². The highest BCUT2D eigenvalue weighted by atomic mass is 19.1. The number of nitrogens with one attached hydrogen (secondary N) is 2. The highest BCUT2D eigenvalue weighted by molar-refractivity contribution is 6.06. The Balaban J connectivity index is 2.01. The molecule has 0 bridgehead atoms. The van der Waals surface area contributed by atoms with E-state index in [4.69, 9.17) is 4.52 Å². The Bertz CT molecular complexity index is 873. The molecular formula is C18H19FN4O3. The Labute approximate surface area is 149 Å². The van der Waals surface area contributed by atoms with Crippen molar-refractivity contribution in [3.8, 4) is 0 Å². The topological polar surface area (TPSA) is 87.5 Å². The fourth-order valence-electron chi connectivity index (χ4n) is 2.97. The SMILES string of the molecule is CCN1C(=O)NC(c2ccc(F)cc2)C(C(=O)Nc2cc(C)on2)=C1C. The Morgan fingerprint density at radius 1 is 1.35 bits per heavy atom. The van der Waals surface area contributed by atoms with Gasteiger partial charge in [0, 0.05) is 18.3 Å². The summed E-state index contributed by atoms with van der Waals surface area (Å²) in [6, 6.07) is 6.26. The molecule has 0 saturated heterocycles. The van der Waals surface area contributed by atoms with Crippen molar-refractivity contribution < 1.29 is 18.5 Å². The third-order valence-electron chi connectivity index (χ3n) is 4.23. The van der Waals surface area contributed by atoms with Gasteiger partial charge in [-0.1, -0.05) is 17.3 Å². The number of aryl methyl sites for hydroxylation is 1. The summed E-state index contributed by atoms with van der Waals surface area (Å²) in [4.78, 5) is 26.7. The van der Waals surface area contributed by atoms with Crippen LogP contribution in [0, 0.1) is 12.7 Å². The van der Waals surface area contributed by atoms with Crippen LogP contribution >= 0.6 is 0 Å². The quantitative estimate of drug-likeness (QED) is 0.879. The summed E-state index contributed by atoms with van der Waals surface area (Å²) in [5, 5.41) is 9.25. The minimum Gasteiger partial charge on any atom is -0.360 e. The van der Waals surface area contributed by atoms with Crippen LogP contribution in [0.1, 0.15) is 31.2 Å². The van der Waals surface area contributed by atoms with Crippen LogP contribution in [0.15, 0.2) is 46.1 Å². The lowest BCUT2D eigenvalue weighted by molar-refractivity contribution is -0.113. The molecule has 1 atom stereocenters. The van der Waals surface area contributed by atoms with Gasteiger partial charge in [-0.3, -0.25) is 9.69 Å². The van der Waals surface area contributed by atoms with Gasteiger partial charge in [0.05, 0.1) is 11.6 Å². The number of carbonyl (C=O) groups is 2. The number of anilines is 1. The van der Waals surface area contributed by atoms with E-state index in [1.54, 1.807) is 32.0 Å². The maximum Gasteiger partial charge on any atom is 0.322 e. The normalized spacial score (nSPS) is 17.3. The van der Waals surface area contributed by atoms with Gasteiger partial charge in [-0.25, -0.2) is 9.18 Å². The molecule has 1 aliphatic rings. The predicted octanol–water partition coefficient (Wildman–Crippen LogP) is 3.12. The van der Waals surface area contributed by atoms with Gasteiger partial charge >= 0.3 is 6.03 Å². The van der Waals surface area contributed by atoms with Crippen molar-refractivity contribution >= 4 is 17.8 Å². The van der Waals surface area contributed by atoms with Crippen LogP contribution in [0.4, 0.5) is 15.0 Å². The highest BCUT2D eigenvalue weighted by Crippen LogP contribution is 2.31. The predicted molar refractivity (Wildman–Crippen MR) is 92.6 cm³/mol. The monoisotopic (exact) mass is 358 g/mol. The van der Waals surface area contributed by atoms with E-state index in [9.17, 15) is 14.0 Å². The van der Waals surface area contributed by atoms with Gasteiger partial charge in [0.15, 0.2) is 5.82 Å². The molecule has 1 aromatic carbocycles. The molecule has 1 aromatic heterocycles. The lowest BCUT2D eigenvalue weighted by Gasteiger charge is -2.35. The van der Waals surface area contributed by atoms with Gasteiger partial charge in [0.2, 0.25) is 0 Å². The van der Waals surface area contributed by atoms with Gasteiger partial charge in [-0.05, 0) is 38.5 Å².